The highest BCUT2D eigenvalue weighted by atomic mass is 32.2. The number of rotatable bonds is 7. The van der Waals surface area contributed by atoms with E-state index in [0.29, 0.717) is 19.1 Å². The van der Waals surface area contributed by atoms with Crippen molar-refractivity contribution in [3.63, 3.8) is 0 Å². The third kappa shape index (κ3) is 5.69. The van der Waals surface area contributed by atoms with E-state index in [9.17, 15) is 13.2 Å². The van der Waals surface area contributed by atoms with E-state index in [0.717, 1.165) is 67.7 Å². The van der Waals surface area contributed by atoms with Gasteiger partial charge < -0.3 is 19.1 Å². The lowest BCUT2D eigenvalue weighted by molar-refractivity contribution is -0.134. The van der Waals surface area contributed by atoms with Crippen molar-refractivity contribution in [2.75, 3.05) is 53.9 Å². The van der Waals surface area contributed by atoms with E-state index in [-0.39, 0.29) is 23.3 Å². The molecule has 2 aromatic carbocycles. The zero-order valence-corrected chi connectivity index (χ0v) is 25.8. The average Bonchev–Trinajstić information content (AvgIpc) is 3.50. The number of carbonyl (C=O) groups is 1. The number of sulfonamides is 1. The van der Waals surface area contributed by atoms with E-state index < -0.39 is 16.1 Å². The van der Waals surface area contributed by atoms with Gasteiger partial charge in [-0.15, -0.1) is 0 Å². The normalized spacial score (nSPS) is 24.4. The maximum absolute atomic E-state index is 14.1. The van der Waals surface area contributed by atoms with E-state index in [2.05, 4.69) is 21.4 Å². The fourth-order valence-electron chi connectivity index (χ4n) is 7.08. The Bertz CT molecular complexity index is 1530. The highest BCUT2D eigenvalue weighted by Gasteiger charge is 2.39. The number of piperazine rings is 1. The van der Waals surface area contributed by atoms with Crippen LogP contribution in [0.3, 0.4) is 0 Å². The fourth-order valence-corrected chi connectivity index (χ4v) is 8.71. The molecule has 0 N–H and O–H groups in total. The first-order valence-corrected chi connectivity index (χ1v) is 16.6. The molecule has 226 valence electrons. The number of ether oxygens (including phenoxy) is 1. The zero-order chi connectivity index (χ0) is 29.4. The lowest BCUT2D eigenvalue weighted by Gasteiger charge is -2.44. The van der Waals surface area contributed by atoms with E-state index in [4.69, 9.17) is 4.74 Å². The van der Waals surface area contributed by atoms with E-state index in [1.807, 2.05) is 54.5 Å². The highest BCUT2D eigenvalue weighted by Crippen LogP contribution is 2.36. The maximum atomic E-state index is 14.1. The second-order valence-electron chi connectivity index (χ2n) is 12.2. The second kappa shape index (κ2) is 12.0. The van der Waals surface area contributed by atoms with Crippen LogP contribution < -0.4 is 4.74 Å². The number of carbonyl (C=O) groups excluding carboxylic acids is 1. The summed E-state index contributed by atoms with van der Waals surface area (Å²) in [4.78, 5) is 21.0. The first-order valence-electron chi connectivity index (χ1n) is 15.2. The van der Waals surface area contributed by atoms with Gasteiger partial charge in [-0.25, -0.2) is 8.42 Å². The lowest BCUT2D eigenvalue weighted by Crippen LogP contribution is -2.53. The third-order valence-electron chi connectivity index (χ3n) is 9.72. The number of methoxy groups -OCH3 is 1. The number of likely N-dealkylation sites (N-methyl/N-ethyl adjacent to an activating group) is 1. The van der Waals surface area contributed by atoms with E-state index in [1.54, 1.807) is 23.5 Å². The molecule has 2 fully saturated rings. The Labute approximate surface area is 249 Å². The molecule has 1 aromatic heterocycles. The van der Waals surface area contributed by atoms with Gasteiger partial charge in [-0.3, -0.25) is 9.69 Å². The van der Waals surface area contributed by atoms with Gasteiger partial charge in [0.25, 0.3) is 0 Å². The number of aromatic nitrogens is 1. The van der Waals surface area contributed by atoms with Crippen LogP contribution in [-0.2, 0) is 21.4 Å². The molecule has 3 aromatic rings. The van der Waals surface area contributed by atoms with E-state index >= 15 is 0 Å². The molecule has 6 rings (SSSR count). The Morgan fingerprint density at radius 1 is 0.976 bits per heavy atom. The van der Waals surface area contributed by atoms with E-state index in [1.165, 1.54) is 6.42 Å². The standard InChI is InChI=1S/C32H43N5O4S/c1-33-14-16-35(17-15-33)27-7-4-6-26(22-27)34(2)32(38)23-31-30-8-5-13-36(30)18-19-37(31)42(39,40)29-12-10-24-20-28(41-3)11-9-25(24)21-29/h5,8-13,20-21,26-27,31H,4,6-7,14-19,22-23H2,1-3H3/t26-,27+,31?/m0/s1. The van der Waals surface area contributed by atoms with Crippen molar-refractivity contribution in [1.29, 1.82) is 0 Å². The van der Waals surface area contributed by atoms with Crippen LogP contribution >= 0.6 is 0 Å². The molecule has 0 spiro atoms. The number of hydrogen-bond donors (Lipinski definition) is 0. The Hall–Kier alpha value is -2.92. The van der Waals surface area contributed by atoms with Crippen LogP contribution in [0.15, 0.2) is 59.6 Å². The molecule has 1 saturated carbocycles. The highest BCUT2D eigenvalue weighted by molar-refractivity contribution is 7.89. The number of amides is 1. The van der Waals surface area contributed by atoms with Gasteiger partial charge in [0.05, 0.1) is 18.0 Å². The smallest absolute Gasteiger partial charge is 0.243 e. The molecular formula is C32H43N5O4S. The molecule has 42 heavy (non-hydrogen) atoms. The van der Waals surface area contributed by atoms with Crippen LogP contribution in [-0.4, -0.2) is 104 Å². The monoisotopic (exact) mass is 593 g/mol. The van der Waals surface area contributed by atoms with Crippen LogP contribution in [0, 0.1) is 0 Å². The maximum Gasteiger partial charge on any atom is 0.243 e. The largest absolute Gasteiger partial charge is 0.497 e. The van der Waals surface area contributed by atoms with Crippen molar-refractivity contribution >= 4 is 26.7 Å². The Morgan fingerprint density at radius 3 is 2.52 bits per heavy atom. The molecule has 2 aliphatic heterocycles. The van der Waals surface area contributed by atoms with Gasteiger partial charge in [-0.2, -0.15) is 4.31 Å². The number of benzene rings is 2. The summed E-state index contributed by atoms with van der Waals surface area (Å²) in [6.07, 6.45) is 6.38. The predicted octanol–water partition coefficient (Wildman–Crippen LogP) is 3.80. The molecule has 1 unspecified atom stereocenters. The lowest BCUT2D eigenvalue weighted by atomic mass is 9.88. The van der Waals surface area contributed by atoms with Gasteiger partial charge in [-0.1, -0.05) is 12.1 Å². The summed E-state index contributed by atoms with van der Waals surface area (Å²) in [6, 6.07) is 14.8. The molecule has 3 heterocycles. The van der Waals surface area contributed by atoms with Crippen molar-refractivity contribution in [2.45, 2.75) is 61.7 Å². The van der Waals surface area contributed by atoms with Crippen LogP contribution in [0.2, 0.25) is 0 Å². The van der Waals surface area contributed by atoms with Gasteiger partial charge >= 0.3 is 0 Å². The van der Waals surface area contributed by atoms with Crippen molar-refractivity contribution in [1.82, 2.24) is 23.6 Å². The van der Waals surface area contributed by atoms with Crippen molar-refractivity contribution in [2.24, 2.45) is 0 Å². The van der Waals surface area contributed by atoms with Crippen LogP contribution in [0.4, 0.5) is 0 Å². The molecule has 3 atom stereocenters. The van der Waals surface area contributed by atoms with Crippen LogP contribution in [0.25, 0.3) is 10.8 Å². The van der Waals surface area contributed by atoms with Crippen molar-refractivity contribution in [3.8, 4) is 5.75 Å². The summed E-state index contributed by atoms with van der Waals surface area (Å²) in [7, 11) is 1.85. The van der Waals surface area contributed by atoms with Gasteiger partial charge in [0.1, 0.15) is 5.75 Å². The summed E-state index contributed by atoms with van der Waals surface area (Å²) in [5, 5.41) is 1.74. The minimum Gasteiger partial charge on any atom is -0.497 e. The van der Waals surface area contributed by atoms with Gasteiger partial charge in [0.15, 0.2) is 0 Å². The van der Waals surface area contributed by atoms with Gasteiger partial charge in [0, 0.05) is 76.7 Å². The molecule has 9 nitrogen and oxygen atoms in total. The predicted molar refractivity (Wildman–Crippen MR) is 164 cm³/mol. The summed E-state index contributed by atoms with van der Waals surface area (Å²) in [6.45, 7) is 5.23. The Morgan fingerprint density at radius 2 is 1.74 bits per heavy atom. The topological polar surface area (TPSA) is 78.3 Å². The molecule has 0 bridgehead atoms. The second-order valence-corrected chi connectivity index (χ2v) is 14.0. The minimum atomic E-state index is -3.86. The van der Waals surface area contributed by atoms with Crippen molar-refractivity contribution < 1.29 is 17.9 Å². The average molecular weight is 594 g/mol. The Balaban J connectivity index is 1.21. The van der Waals surface area contributed by atoms with Crippen LogP contribution in [0.5, 0.6) is 5.75 Å². The zero-order valence-electron chi connectivity index (χ0n) is 25.0. The molecule has 1 saturated heterocycles. The number of nitrogens with zero attached hydrogens (tertiary/aromatic N) is 5. The first-order chi connectivity index (χ1) is 20.2. The summed E-state index contributed by atoms with van der Waals surface area (Å²) < 4.78 is 37.3. The molecule has 1 aliphatic carbocycles. The molecule has 3 aliphatic rings. The van der Waals surface area contributed by atoms with Crippen molar-refractivity contribution in [3.05, 3.63) is 60.4 Å². The number of fused-ring (bicyclic) bond motifs is 2. The van der Waals surface area contributed by atoms with Gasteiger partial charge in [0.2, 0.25) is 15.9 Å². The summed E-state index contributed by atoms with van der Waals surface area (Å²) >= 11 is 0. The van der Waals surface area contributed by atoms with Crippen LogP contribution in [0.1, 0.15) is 43.8 Å². The third-order valence-corrected chi connectivity index (χ3v) is 11.6. The minimum absolute atomic E-state index is 0.00415. The summed E-state index contributed by atoms with van der Waals surface area (Å²) in [5.41, 5.74) is 0.871. The molecule has 1 amide bonds. The fraction of sp³-hybridized carbons (Fsp3) is 0.531. The molecule has 10 heteroatoms. The first kappa shape index (κ1) is 29.2. The van der Waals surface area contributed by atoms with Gasteiger partial charge in [-0.05, 0) is 79.9 Å². The number of hydrogen-bond acceptors (Lipinski definition) is 6. The molecular weight excluding hydrogens is 550 g/mol. The quantitative estimate of drug-likeness (QED) is 0.415. The SMILES string of the molecule is COc1ccc2cc(S(=O)(=O)N3CCn4cccc4C3CC(=O)N(C)[C@H]3CCC[C@@H](N4CCN(C)CC4)C3)ccc2c1. The Kier molecular flexibility index (Phi) is 8.33. The summed E-state index contributed by atoms with van der Waals surface area (Å²) in [5.74, 6) is 0.731. The molecule has 0 radical (unpaired) electrons.